The summed E-state index contributed by atoms with van der Waals surface area (Å²) in [7, 11) is 0. The number of rotatable bonds is 1. The highest BCUT2D eigenvalue weighted by Crippen LogP contribution is 2.36. The van der Waals surface area contributed by atoms with Crippen molar-refractivity contribution in [2.45, 2.75) is 12.1 Å². The van der Waals surface area contributed by atoms with Gasteiger partial charge in [-0.3, -0.25) is 5.73 Å². The lowest BCUT2D eigenvalue weighted by Gasteiger charge is -2.23. The zero-order valence-electron chi connectivity index (χ0n) is 7.27. The van der Waals surface area contributed by atoms with Crippen molar-refractivity contribution in [3.05, 3.63) is 29.8 Å². The van der Waals surface area contributed by atoms with E-state index < -0.39 is 11.6 Å². The van der Waals surface area contributed by atoms with Gasteiger partial charge in [0.05, 0.1) is 5.69 Å². The van der Waals surface area contributed by atoms with Gasteiger partial charge >= 0.3 is 5.97 Å². The van der Waals surface area contributed by atoms with Crippen LogP contribution in [0.1, 0.15) is 5.56 Å². The molecule has 14 heavy (non-hydrogen) atoms. The zero-order valence-corrected chi connectivity index (χ0v) is 7.27. The van der Waals surface area contributed by atoms with Crippen molar-refractivity contribution in [3.63, 3.8) is 0 Å². The van der Waals surface area contributed by atoms with Gasteiger partial charge < -0.3 is 5.11 Å². The fourth-order valence-electron chi connectivity index (χ4n) is 1.59. The van der Waals surface area contributed by atoms with Crippen molar-refractivity contribution >= 4 is 11.7 Å². The Morgan fingerprint density at radius 1 is 1.57 bits per heavy atom. The lowest BCUT2D eigenvalue weighted by Crippen LogP contribution is -2.57. The maximum absolute atomic E-state index is 13.5. The molecular formula is C9H9FN2O2. The Bertz CT molecular complexity index is 396. The first-order valence-corrected chi connectivity index (χ1v) is 4.12. The van der Waals surface area contributed by atoms with E-state index in [1.54, 1.807) is 18.2 Å². The molecule has 0 saturated heterocycles. The third-order valence-corrected chi connectivity index (χ3v) is 2.38. The van der Waals surface area contributed by atoms with Crippen LogP contribution < -0.4 is 10.9 Å². The van der Waals surface area contributed by atoms with Crippen LogP contribution in [0, 0.1) is 0 Å². The zero-order chi connectivity index (χ0) is 10.3. The Morgan fingerprint density at radius 2 is 2.21 bits per heavy atom. The second-order valence-corrected chi connectivity index (χ2v) is 3.32. The summed E-state index contributed by atoms with van der Waals surface area (Å²) in [4.78, 5) is 10.8. The van der Waals surface area contributed by atoms with Crippen LogP contribution in [0.2, 0.25) is 0 Å². The lowest BCUT2D eigenvalue weighted by atomic mass is 10.1. The van der Waals surface area contributed by atoms with Crippen LogP contribution in [-0.4, -0.2) is 16.7 Å². The van der Waals surface area contributed by atoms with Crippen molar-refractivity contribution in [1.29, 1.82) is 0 Å². The number of benzene rings is 1. The second kappa shape index (κ2) is 2.68. The molecule has 0 radical (unpaired) electrons. The number of fused-ring (bicyclic) bond motifs is 1. The van der Waals surface area contributed by atoms with E-state index in [2.05, 4.69) is 0 Å². The molecule has 0 fully saturated rings. The van der Waals surface area contributed by atoms with E-state index in [4.69, 9.17) is 10.8 Å². The molecular weight excluding hydrogens is 187 g/mol. The topological polar surface area (TPSA) is 66.6 Å². The number of aliphatic carboxylic acids is 1. The summed E-state index contributed by atoms with van der Waals surface area (Å²) in [5, 5.41) is 8.92. The highest BCUT2D eigenvalue weighted by Gasteiger charge is 2.48. The van der Waals surface area contributed by atoms with Gasteiger partial charge in [-0.1, -0.05) is 22.7 Å². The molecule has 0 spiro atoms. The van der Waals surface area contributed by atoms with Gasteiger partial charge in [0, 0.05) is 6.42 Å². The van der Waals surface area contributed by atoms with Gasteiger partial charge in [0.25, 0.3) is 0 Å². The van der Waals surface area contributed by atoms with Crippen LogP contribution in [0.25, 0.3) is 0 Å². The normalized spacial score (nSPS) is 24.9. The van der Waals surface area contributed by atoms with Crippen LogP contribution in [0.3, 0.4) is 0 Å². The van der Waals surface area contributed by atoms with Crippen molar-refractivity contribution < 1.29 is 14.4 Å². The molecule has 1 unspecified atom stereocenters. The van der Waals surface area contributed by atoms with E-state index in [1.165, 1.54) is 6.07 Å². The van der Waals surface area contributed by atoms with E-state index >= 15 is 0 Å². The summed E-state index contributed by atoms with van der Waals surface area (Å²) in [6.45, 7) is 0. The number of anilines is 1. The van der Waals surface area contributed by atoms with Crippen LogP contribution >= 0.6 is 0 Å². The maximum Gasteiger partial charge on any atom is 0.347 e. The number of carboxylic acid groups (broad SMARTS) is 1. The number of hydrogen-bond acceptors (Lipinski definition) is 3. The molecule has 1 aliphatic rings. The summed E-state index contributed by atoms with van der Waals surface area (Å²) < 4.78 is 13.5. The molecule has 0 saturated carbocycles. The predicted molar refractivity (Wildman–Crippen MR) is 48.3 cm³/mol. The number of nitrogens with two attached hydrogens (primary N) is 1. The first kappa shape index (κ1) is 8.96. The Morgan fingerprint density at radius 3 is 2.79 bits per heavy atom. The molecule has 1 aromatic carbocycles. The first-order chi connectivity index (χ1) is 6.55. The highest BCUT2D eigenvalue weighted by atomic mass is 19.2. The third kappa shape index (κ3) is 0.990. The minimum atomic E-state index is -1.95. The molecule has 5 heteroatoms. The lowest BCUT2D eigenvalue weighted by molar-refractivity contribution is -0.144. The molecule has 2 rings (SSSR count). The number of para-hydroxylation sites is 1. The van der Waals surface area contributed by atoms with Crippen molar-refractivity contribution in [2.24, 2.45) is 5.73 Å². The van der Waals surface area contributed by atoms with E-state index in [-0.39, 0.29) is 17.2 Å². The minimum Gasteiger partial charge on any atom is -0.478 e. The van der Waals surface area contributed by atoms with Gasteiger partial charge in [-0.15, -0.1) is 0 Å². The standard InChI is InChI=1S/C9H9FN2O2/c10-12-7-4-2-1-3-6(7)5-9(12,11)8(13)14/h1-4H,5,11H2,(H,13,14). The molecule has 0 bridgehead atoms. The van der Waals surface area contributed by atoms with E-state index in [0.717, 1.165) is 0 Å². The minimum absolute atomic E-state index is 0.0188. The molecule has 1 aromatic rings. The molecule has 0 aromatic heterocycles. The number of nitrogens with zero attached hydrogens (tertiary/aromatic N) is 1. The molecule has 1 heterocycles. The molecule has 0 aliphatic carbocycles. The molecule has 4 nitrogen and oxygen atoms in total. The fraction of sp³-hybridized carbons (Fsp3) is 0.222. The molecule has 74 valence electrons. The van der Waals surface area contributed by atoms with Crippen molar-refractivity contribution in [1.82, 2.24) is 0 Å². The largest absolute Gasteiger partial charge is 0.478 e. The van der Waals surface area contributed by atoms with Gasteiger partial charge in [-0.2, -0.15) is 5.12 Å². The number of carbonyl (C=O) groups is 1. The molecule has 1 aliphatic heterocycles. The Labute approximate surface area is 79.7 Å². The van der Waals surface area contributed by atoms with Gasteiger partial charge in [0.15, 0.2) is 0 Å². The Balaban J connectivity index is 2.48. The predicted octanol–water partition coefficient (Wildman–Crippen LogP) is 0.673. The van der Waals surface area contributed by atoms with Gasteiger partial charge in [-0.05, 0) is 11.6 Å². The summed E-state index contributed by atoms with van der Waals surface area (Å²) in [5.74, 6) is -1.36. The maximum atomic E-state index is 13.5. The Hall–Kier alpha value is -1.62. The third-order valence-electron chi connectivity index (χ3n) is 2.38. The Kier molecular flexibility index (Phi) is 1.72. The SMILES string of the molecule is NC1(C(=O)O)Cc2ccccc2N1F. The average molecular weight is 196 g/mol. The first-order valence-electron chi connectivity index (χ1n) is 4.12. The van der Waals surface area contributed by atoms with Crippen LogP contribution in [0.5, 0.6) is 0 Å². The summed E-state index contributed by atoms with van der Waals surface area (Å²) >= 11 is 0. The van der Waals surface area contributed by atoms with Crippen molar-refractivity contribution in [3.8, 4) is 0 Å². The summed E-state index contributed by atoms with van der Waals surface area (Å²) in [5.41, 5.74) is 4.34. The quantitative estimate of drug-likeness (QED) is 0.648. The van der Waals surface area contributed by atoms with E-state index in [1.807, 2.05) is 0 Å². The van der Waals surface area contributed by atoms with Gasteiger partial charge in [-0.25, -0.2) is 4.79 Å². The fourth-order valence-corrected chi connectivity index (χ4v) is 1.59. The summed E-state index contributed by atoms with van der Waals surface area (Å²) in [6, 6.07) is 6.53. The average Bonchev–Trinajstić information content (AvgIpc) is 2.42. The molecule has 3 N–H and O–H groups in total. The van der Waals surface area contributed by atoms with E-state index in [9.17, 15) is 9.28 Å². The van der Waals surface area contributed by atoms with Gasteiger partial charge in [0.1, 0.15) is 0 Å². The molecule has 1 atom stereocenters. The highest BCUT2D eigenvalue weighted by molar-refractivity contribution is 5.85. The second-order valence-electron chi connectivity index (χ2n) is 3.32. The monoisotopic (exact) mass is 196 g/mol. The van der Waals surface area contributed by atoms with Crippen LogP contribution in [0.15, 0.2) is 24.3 Å². The smallest absolute Gasteiger partial charge is 0.347 e. The van der Waals surface area contributed by atoms with Crippen LogP contribution in [-0.2, 0) is 11.2 Å². The summed E-state index contributed by atoms with van der Waals surface area (Å²) in [6.07, 6.45) is -0.0188. The van der Waals surface area contributed by atoms with E-state index in [0.29, 0.717) is 5.56 Å². The number of hydrogen-bond donors (Lipinski definition) is 2. The number of carboxylic acids is 1. The molecule has 0 amide bonds. The number of halogens is 1. The van der Waals surface area contributed by atoms with Crippen LogP contribution in [0.4, 0.5) is 10.2 Å². The van der Waals surface area contributed by atoms with Gasteiger partial charge in [0.2, 0.25) is 5.66 Å². The van der Waals surface area contributed by atoms with Crippen molar-refractivity contribution in [2.75, 3.05) is 5.12 Å².